The fraction of sp³-hybridized carbons (Fsp3) is 0.600. The molecule has 0 heterocycles. The molecule has 0 saturated carbocycles. The van der Waals surface area contributed by atoms with Gasteiger partial charge in [0.25, 0.3) is 0 Å². The van der Waals surface area contributed by atoms with Crippen LogP contribution < -0.4 is 0 Å². The van der Waals surface area contributed by atoms with E-state index < -0.39 is 14.0 Å². The quantitative estimate of drug-likeness (QED) is 0.277. The summed E-state index contributed by atoms with van der Waals surface area (Å²) in [6.07, 6.45) is 5.72. The zero-order chi connectivity index (χ0) is 14.1. The number of halogens is 2. The van der Waals surface area contributed by atoms with E-state index in [4.69, 9.17) is 25.7 Å². The Hall–Kier alpha value is -0.610. The Labute approximate surface area is 105 Å². The van der Waals surface area contributed by atoms with Crippen molar-refractivity contribution >= 4 is 7.91 Å². The van der Waals surface area contributed by atoms with Gasteiger partial charge in [0.1, 0.15) is 0 Å². The van der Waals surface area contributed by atoms with Crippen molar-refractivity contribution in [3.8, 4) is 12.3 Å². The molecule has 0 fully saturated rings. The minimum atomic E-state index is -7.04. The molecule has 0 aliphatic heterocycles. The standard InChI is InChI=1S/C10H17F2O5P/c1-3-5-7-16-9-10(8-15-6-4-2)17-18(11,12,13)14/h2-3,10,13-14H,1,5-9H2. The predicted octanol–water partition coefficient (Wildman–Crippen LogP) is 1.67. The van der Waals surface area contributed by atoms with Crippen molar-refractivity contribution in [1.82, 2.24) is 0 Å². The van der Waals surface area contributed by atoms with Crippen LogP contribution in [-0.2, 0) is 14.0 Å². The van der Waals surface area contributed by atoms with Gasteiger partial charge in [0, 0.05) is 0 Å². The summed E-state index contributed by atoms with van der Waals surface area (Å²) >= 11 is 0. The number of rotatable bonds is 10. The topological polar surface area (TPSA) is 68.2 Å². The SMILES string of the molecule is C#CCOCC(COCCC=C)OP(O)(O)(F)F. The van der Waals surface area contributed by atoms with Gasteiger partial charge in [0.15, 0.2) is 0 Å². The van der Waals surface area contributed by atoms with Crippen LogP contribution in [0.2, 0.25) is 0 Å². The molecule has 0 saturated heterocycles. The molecule has 0 aliphatic carbocycles. The van der Waals surface area contributed by atoms with E-state index in [-0.39, 0.29) is 26.4 Å². The summed E-state index contributed by atoms with van der Waals surface area (Å²) in [5.41, 5.74) is 0. The van der Waals surface area contributed by atoms with Crippen LogP contribution in [0.5, 0.6) is 0 Å². The molecule has 0 rings (SSSR count). The summed E-state index contributed by atoms with van der Waals surface area (Å²) in [4.78, 5) is 16.8. The average Bonchev–Trinajstić information content (AvgIpc) is 2.21. The summed E-state index contributed by atoms with van der Waals surface area (Å²) in [6, 6.07) is 0. The van der Waals surface area contributed by atoms with Crippen molar-refractivity contribution in [3.63, 3.8) is 0 Å². The molecule has 0 aromatic heterocycles. The summed E-state index contributed by atoms with van der Waals surface area (Å²) < 4.78 is 38.9. The molecular formula is C10H17F2O5P. The molecule has 2 N–H and O–H groups in total. The third-order valence-corrected chi connectivity index (χ3v) is 2.23. The maximum atomic E-state index is 12.6. The van der Waals surface area contributed by atoms with Gasteiger partial charge in [0.2, 0.25) is 0 Å². The third-order valence-electron chi connectivity index (χ3n) is 1.58. The Kier molecular flexibility index (Phi) is 7.48. The van der Waals surface area contributed by atoms with Gasteiger partial charge in [-0.15, -0.1) is 0 Å². The first kappa shape index (κ1) is 17.4. The van der Waals surface area contributed by atoms with E-state index in [2.05, 4.69) is 17.0 Å². The molecule has 5 nitrogen and oxygen atoms in total. The molecule has 0 bridgehead atoms. The first-order valence-electron chi connectivity index (χ1n) is 5.09. The van der Waals surface area contributed by atoms with Crippen molar-refractivity contribution in [2.24, 2.45) is 0 Å². The van der Waals surface area contributed by atoms with Crippen molar-refractivity contribution in [3.05, 3.63) is 12.7 Å². The molecule has 0 radical (unpaired) electrons. The fourth-order valence-electron chi connectivity index (χ4n) is 0.986. The van der Waals surface area contributed by atoms with Gasteiger partial charge in [-0.1, -0.05) is 0 Å². The Morgan fingerprint density at radius 2 is 1.94 bits per heavy atom. The number of ether oxygens (including phenoxy) is 2. The summed E-state index contributed by atoms with van der Waals surface area (Å²) in [5, 5.41) is 0. The van der Waals surface area contributed by atoms with Crippen LogP contribution >= 0.6 is 7.91 Å². The molecule has 106 valence electrons. The Morgan fingerprint density at radius 1 is 1.33 bits per heavy atom. The summed E-state index contributed by atoms with van der Waals surface area (Å²) in [6.45, 7) is 3.01. The first-order chi connectivity index (χ1) is 8.24. The molecule has 1 unspecified atom stereocenters. The molecule has 0 amide bonds. The van der Waals surface area contributed by atoms with Crippen molar-refractivity contribution in [1.29, 1.82) is 0 Å². The van der Waals surface area contributed by atoms with Gasteiger partial charge in [-0.3, -0.25) is 0 Å². The fourth-order valence-corrected chi connectivity index (χ4v) is 1.60. The third kappa shape index (κ3) is 11.9. The van der Waals surface area contributed by atoms with Crippen LogP contribution in [0, 0.1) is 12.3 Å². The van der Waals surface area contributed by atoms with Crippen LogP contribution in [0.15, 0.2) is 12.7 Å². The van der Waals surface area contributed by atoms with Crippen LogP contribution in [0.3, 0.4) is 0 Å². The number of hydrogen-bond acceptors (Lipinski definition) is 5. The molecule has 0 aromatic carbocycles. The Bertz CT molecular complexity index is 288. The van der Waals surface area contributed by atoms with Gasteiger partial charge in [-0.2, -0.15) is 0 Å². The molecule has 8 heteroatoms. The van der Waals surface area contributed by atoms with Crippen LogP contribution in [0.25, 0.3) is 0 Å². The van der Waals surface area contributed by atoms with E-state index in [1.54, 1.807) is 6.08 Å². The van der Waals surface area contributed by atoms with E-state index in [0.717, 1.165) is 0 Å². The monoisotopic (exact) mass is 286 g/mol. The van der Waals surface area contributed by atoms with Crippen molar-refractivity contribution < 1.29 is 32.2 Å². The van der Waals surface area contributed by atoms with Crippen LogP contribution in [-0.4, -0.2) is 42.3 Å². The number of hydrogen-bond donors (Lipinski definition) is 2. The predicted molar refractivity (Wildman–Crippen MR) is 63.7 cm³/mol. The second-order valence-corrected chi connectivity index (χ2v) is 5.08. The average molecular weight is 286 g/mol. The van der Waals surface area contributed by atoms with Gasteiger partial charge in [0.05, 0.1) is 0 Å². The van der Waals surface area contributed by atoms with Gasteiger partial charge in [-0.05, 0) is 0 Å². The van der Waals surface area contributed by atoms with Crippen LogP contribution in [0.1, 0.15) is 6.42 Å². The Balaban J connectivity index is 4.17. The summed E-state index contributed by atoms with van der Waals surface area (Å²) in [5.74, 6) is 2.14. The van der Waals surface area contributed by atoms with E-state index >= 15 is 0 Å². The second-order valence-electron chi connectivity index (χ2n) is 3.36. The molecule has 18 heavy (non-hydrogen) atoms. The van der Waals surface area contributed by atoms with Gasteiger partial charge in [-0.25, -0.2) is 0 Å². The Morgan fingerprint density at radius 3 is 2.44 bits per heavy atom. The normalized spacial score (nSPS) is 15.4. The first-order valence-corrected chi connectivity index (χ1v) is 6.93. The zero-order valence-corrected chi connectivity index (χ0v) is 10.7. The molecule has 1 atom stereocenters. The van der Waals surface area contributed by atoms with E-state index in [1.807, 2.05) is 0 Å². The number of terminal acetylenes is 1. The second kappa shape index (κ2) is 7.74. The van der Waals surface area contributed by atoms with Crippen molar-refractivity contribution in [2.45, 2.75) is 12.5 Å². The van der Waals surface area contributed by atoms with Crippen molar-refractivity contribution in [2.75, 3.05) is 26.4 Å². The van der Waals surface area contributed by atoms with E-state index in [1.165, 1.54) is 0 Å². The zero-order valence-electron chi connectivity index (χ0n) is 9.80. The minimum absolute atomic E-state index is 0.0993. The van der Waals surface area contributed by atoms with E-state index in [9.17, 15) is 8.39 Å². The van der Waals surface area contributed by atoms with Gasteiger partial charge >= 0.3 is 104 Å². The molecular weight excluding hydrogens is 269 g/mol. The maximum absolute atomic E-state index is 12.6. The molecule has 0 spiro atoms. The van der Waals surface area contributed by atoms with Gasteiger partial charge < -0.3 is 0 Å². The molecule has 0 aliphatic rings. The summed E-state index contributed by atoms with van der Waals surface area (Å²) in [7, 11) is -7.04. The van der Waals surface area contributed by atoms with Crippen LogP contribution in [0.4, 0.5) is 8.39 Å². The molecule has 0 aromatic rings. The van der Waals surface area contributed by atoms with E-state index in [0.29, 0.717) is 6.42 Å².